The SMILES string of the molecule is O=P(O)(O)CP(=O)(O)OC[C@H]1OC(c2cnc3c(NCc4cccc(I)c4)nccn23)[C@H](O)[C@@H]1O. The van der Waals surface area contributed by atoms with Gasteiger partial charge in [-0.1, -0.05) is 12.1 Å². The minimum Gasteiger partial charge on any atom is -0.387 e. The Morgan fingerprint density at radius 1 is 1.17 bits per heavy atom. The molecule has 2 unspecified atom stereocenters. The summed E-state index contributed by atoms with van der Waals surface area (Å²) in [5.41, 5.74) is 1.91. The maximum atomic E-state index is 11.9. The molecule has 0 amide bonds. The molecule has 190 valence electrons. The van der Waals surface area contributed by atoms with Crippen molar-refractivity contribution < 1.29 is 43.3 Å². The predicted molar refractivity (Wildman–Crippen MR) is 132 cm³/mol. The number of aromatic nitrogens is 3. The van der Waals surface area contributed by atoms with Crippen molar-refractivity contribution in [2.24, 2.45) is 0 Å². The summed E-state index contributed by atoms with van der Waals surface area (Å²) in [7, 11) is -9.45. The Balaban J connectivity index is 1.48. The number of halogens is 1. The molecule has 1 aliphatic rings. The molecule has 0 spiro atoms. The van der Waals surface area contributed by atoms with Crippen LogP contribution in [0.25, 0.3) is 5.65 Å². The number of fused-ring (bicyclic) bond motifs is 1. The summed E-state index contributed by atoms with van der Waals surface area (Å²) in [6.07, 6.45) is -0.570. The van der Waals surface area contributed by atoms with E-state index in [1.807, 2.05) is 24.3 Å². The van der Waals surface area contributed by atoms with Gasteiger partial charge in [-0.25, -0.2) is 9.97 Å². The zero-order valence-corrected chi connectivity index (χ0v) is 21.9. The van der Waals surface area contributed by atoms with Gasteiger partial charge in [0.2, 0.25) is 0 Å². The second kappa shape index (κ2) is 10.5. The van der Waals surface area contributed by atoms with Crippen LogP contribution < -0.4 is 5.32 Å². The fourth-order valence-electron chi connectivity index (χ4n) is 3.70. The molecule has 4 rings (SSSR count). The number of benzene rings is 1. The first kappa shape index (κ1) is 26.6. The maximum absolute atomic E-state index is 11.9. The van der Waals surface area contributed by atoms with E-state index in [1.54, 1.807) is 10.6 Å². The van der Waals surface area contributed by atoms with Crippen LogP contribution in [0.3, 0.4) is 0 Å². The van der Waals surface area contributed by atoms with Gasteiger partial charge in [-0.3, -0.25) is 13.5 Å². The zero-order chi connectivity index (χ0) is 25.4. The molecule has 1 saturated heterocycles. The molecule has 0 bridgehead atoms. The normalized spacial score (nSPS) is 24.5. The molecule has 0 aliphatic carbocycles. The highest BCUT2D eigenvalue weighted by Crippen LogP contribution is 2.55. The van der Waals surface area contributed by atoms with Crippen molar-refractivity contribution in [2.45, 2.75) is 31.0 Å². The molecule has 16 heteroatoms. The minimum absolute atomic E-state index is 0.399. The van der Waals surface area contributed by atoms with Gasteiger partial charge in [-0.15, -0.1) is 0 Å². The molecule has 1 fully saturated rings. The molecule has 0 saturated carbocycles. The first-order valence-electron chi connectivity index (χ1n) is 10.3. The van der Waals surface area contributed by atoms with E-state index in [1.165, 1.54) is 12.4 Å². The number of aliphatic hydroxyl groups is 2. The van der Waals surface area contributed by atoms with Gasteiger partial charge < -0.3 is 39.5 Å². The van der Waals surface area contributed by atoms with Crippen LogP contribution in [0, 0.1) is 3.57 Å². The fraction of sp³-hybridized carbons (Fsp3) is 0.368. The van der Waals surface area contributed by atoms with Gasteiger partial charge in [0.15, 0.2) is 17.4 Å². The highest BCUT2D eigenvalue weighted by Gasteiger charge is 2.46. The molecule has 2 aromatic heterocycles. The van der Waals surface area contributed by atoms with E-state index in [0.717, 1.165) is 9.13 Å². The van der Waals surface area contributed by atoms with Crippen LogP contribution in [0.4, 0.5) is 5.82 Å². The zero-order valence-electron chi connectivity index (χ0n) is 18.0. The Morgan fingerprint density at radius 2 is 1.94 bits per heavy atom. The minimum atomic E-state index is -4.80. The number of nitrogens with zero attached hydrogens (tertiary/aromatic N) is 3. The van der Waals surface area contributed by atoms with Crippen LogP contribution in [0.15, 0.2) is 42.9 Å². The van der Waals surface area contributed by atoms with Crippen molar-refractivity contribution >= 4 is 49.2 Å². The standard InChI is InChI=1S/C19H23IN4O9P2/c20-12-3-1-2-11(6-12)7-22-18-19-23-8-13(24(19)5-4-21-18)17-16(26)15(25)14(33-17)9-32-35(30,31)10-34(27,28)29/h1-6,8,14-17,25-26H,7,9-10H2,(H,21,22)(H,30,31)(H2,27,28,29)/t14-,15-,16-,17?/m1/s1. The second-order valence-electron chi connectivity index (χ2n) is 7.95. The predicted octanol–water partition coefficient (Wildman–Crippen LogP) is 1.44. The second-order valence-corrected chi connectivity index (χ2v) is 13.2. The number of imidazole rings is 1. The van der Waals surface area contributed by atoms with Gasteiger partial charge in [0.05, 0.1) is 18.5 Å². The van der Waals surface area contributed by atoms with E-state index in [2.05, 4.69) is 37.9 Å². The van der Waals surface area contributed by atoms with Crippen molar-refractivity contribution in [3.05, 3.63) is 57.7 Å². The number of ether oxygens (including phenoxy) is 1. The van der Waals surface area contributed by atoms with E-state index in [-0.39, 0.29) is 0 Å². The summed E-state index contributed by atoms with van der Waals surface area (Å²) in [4.78, 5) is 36.1. The Bertz CT molecular complexity index is 1300. The molecule has 0 radical (unpaired) electrons. The molecule has 1 aromatic carbocycles. The van der Waals surface area contributed by atoms with Crippen molar-refractivity contribution in [1.29, 1.82) is 0 Å². The summed E-state index contributed by atoms with van der Waals surface area (Å²) in [5.74, 6) is -0.878. The van der Waals surface area contributed by atoms with Crippen LogP contribution in [0.2, 0.25) is 0 Å². The third kappa shape index (κ3) is 6.46. The molecule has 3 aromatic rings. The molecule has 3 heterocycles. The largest absolute Gasteiger partial charge is 0.387 e. The first-order valence-corrected chi connectivity index (χ1v) is 14.9. The monoisotopic (exact) mass is 640 g/mol. The summed E-state index contributed by atoms with van der Waals surface area (Å²) < 4.78 is 36.1. The van der Waals surface area contributed by atoms with Gasteiger partial charge in [0.1, 0.15) is 24.4 Å². The number of aliphatic hydroxyl groups excluding tert-OH is 2. The van der Waals surface area contributed by atoms with E-state index in [9.17, 15) is 24.2 Å². The van der Waals surface area contributed by atoms with Crippen LogP contribution in [0.5, 0.6) is 0 Å². The number of hydrogen-bond donors (Lipinski definition) is 6. The summed E-state index contributed by atoms with van der Waals surface area (Å²) >= 11 is 2.23. The van der Waals surface area contributed by atoms with E-state index < -0.39 is 52.1 Å². The molecule has 35 heavy (non-hydrogen) atoms. The number of rotatable bonds is 9. The number of hydrogen-bond acceptors (Lipinski definition) is 9. The van der Waals surface area contributed by atoms with E-state index in [4.69, 9.17) is 19.0 Å². The molecular formula is C19H23IN4O9P2. The van der Waals surface area contributed by atoms with Gasteiger partial charge in [0, 0.05) is 22.5 Å². The lowest BCUT2D eigenvalue weighted by molar-refractivity contribution is -0.0201. The molecule has 6 N–H and O–H groups in total. The topological polar surface area (TPSA) is 196 Å². The van der Waals surface area contributed by atoms with Crippen molar-refractivity contribution in [3.63, 3.8) is 0 Å². The molecule has 1 aliphatic heterocycles. The Hall–Kier alpha value is -1.45. The Labute approximate surface area is 213 Å². The lowest BCUT2D eigenvalue weighted by Crippen LogP contribution is -2.33. The van der Waals surface area contributed by atoms with Gasteiger partial charge in [-0.05, 0) is 40.3 Å². The average Bonchev–Trinajstić information content (AvgIpc) is 3.31. The third-order valence-electron chi connectivity index (χ3n) is 5.26. The van der Waals surface area contributed by atoms with Crippen LogP contribution >= 0.6 is 37.8 Å². The fourth-order valence-corrected chi connectivity index (χ4v) is 6.88. The average molecular weight is 640 g/mol. The van der Waals surface area contributed by atoms with Gasteiger partial charge in [-0.2, -0.15) is 0 Å². The van der Waals surface area contributed by atoms with E-state index in [0.29, 0.717) is 23.7 Å². The van der Waals surface area contributed by atoms with Crippen molar-refractivity contribution in [3.8, 4) is 0 Å². The Kier molecular flexibility index (Phi) is 7.98. The van der Waals surface area contributed by atoms with Crippen molar-refractivity contribution in [2.75, 3.05) is 17.8 Å². The molecular weight excluding hydrogens is 617 g/mol. The van der Waals surface area contributed by atoms with E-state index >= 15 is 0 Å². The van der Waals surface area contributed by atoms with Crippen LogP contribution in [0.1, 0.15) is 17.4 Å². The number of anilines is 1. The summed E-state index contributed by atoms with van der Waals surface area (Å²) in [6, 6.07) is 7.94. The highest BCUT2D eigenvalue weighted by atomic mass is 127. The smallest absolute Gasteiger partial charge is 0.340 e. The highest BCUT2D eigenvalue weighted by molar-refractivity contribution is 14.1. The van der Waals surface area contributed by atoms with Crippen molar-refractivity contribution in [1.82, 2.24) is 14.4 Å². The quantitative estimate of drug-likeness (QED) is 0.146. The lowest BCUT2D eigenvalue weighted by Gasteiger charge is -2.18. The Morgan fingerprint density at radius 3 is 2.66 bits per heavy atom. The molecule has 13 nitrogen and oxygen atoms in total. The first-order chi connectivity index (χ1) is 16.4. The number of nitrogens with one attached hydrogen (secondary N) is 1. The van der Waals surface area contributed by atoms with Crippen LogP contribution in [-0.2, 0) is 24.9 Å². The lowest BCUT2D eigenvalue weighted by atomic mass is 10.1. The summed E-state index contributed by atoms with van der Waals surface area (Å²) in [6.45, 7) is -0.161. The van der Waals surface area contributed by atoms with Gasteiger partial charge >= 0.3 is 15.2 Å². The maximum Gasteiger partial charge on any atom is 0.340 e. The molecule has 5 atom stereocenters. The third-order valence-corrected chi connectivity index (χ3v) is 9.39. The van der Waals surface area contributed by atoms with Gasteiger partial charge in [0.25, 0.3) is 0 Å². The van der Waals surface area contributed by atoms with Crippen LogP contribution in [-0.4, -0.2) is 70.1 Å². The summed E-state index contributed by atoms with van der Waals surface area (Å²) in [5, 5.41) is 24.2.